The highest BCUT2D eigenvalue weighted by molar-refractivity contribution is 5.90. The summed E-state index contributed by atoms with van der Waals surface area (Å²) in [6.45, 7) is 3.48. The summed E-state index contributed by atoms with van der Waals surface area (Å²) in [7, 11) is 0. The van der Waals surface area contributed by atoms with E-state index in [4.69, 9.17) is 4.98 Å². The molecule has 1 aliphatic heterocycles. The van der Waals surface area contributed by atoms with Gasteiger partial charge >= 0.3 is 6.03 Å². The summed E-state index contributed by atoms with van der Waals surface area (Å²) in [6, 6.07) is 16.0. The van der Waals surface area contributed by atoms with E-state index in [9.17, 15) is 4.79 Å². The van der Waals surface area contributed by atoms with Crippen LogP contribution < -0.4 is 5.32 Å². The van der Waals surface area contributed by atoms with Gasteiger partial charge in [-0.15, -0.1) is 0 Å². The Morgan fingerprint density at radius 3 is 2.69 bits per heavy atom. The molecule has 1 fully saturated rings. The molecule has 0 radical (unpaired) electrons. The van der Waals surface area contributed by atoms with Gasteiger partial charge in [0.15, 0.2) is 5.65 Å². The molecule has 0 bridgehead atoms. The van der Waals surface area contributed by atoms with E-state index in [0.29, 0.717) is 5.92 Å². The lowest BCUT2D eigenvalue weighted by atomic mass is 9.93. The van der Waals surface area contributed by atoms with Gasteiger partial charge in [0, 0.05) is 42.0 Å². The Bertz CT molecular complexity index is 932. The first kappa shape index (κ1) is 16.5. The van der Waals surface area contributed by atoms with Crippen LogP contribution in [0.2, 0.25) is 0 Å². The summed E-state index contributed by atoms with van der Waals surface area (Å²) in [5.41, 5.74) is 3.82. The van der Waals surface area contributed by atoms with Crippen LogP contribution in [0, 0.1) is 6.92 Å². The molecule has 0 spiro atoms. The smallest absolute Gasteiger partial charge is 0.321 e. The molecule has 1 aliphatic rings. The molecule has 2 amide bonds. The fourth-order valence-corrected chi connectivity index (χ4v) is 3.48. The Morgan fingerprint density at radius 1 is 1.08 bits per heavy atom. The largest absolute Gasteiger partial charge is 0.324 e. The van der Waals surface area contributed by atoms with Crippen molar-refractivity contribution in [3.05, 3.63) is 66.0 Å². The van der Waals surface area contributed by atoms with E-state index in [2.05, 4.69) is 22.4 Å². The molecule has 3 aromatic rings. The first-order chi connectivity index (χ1) is 12.7. The maximum atomic E-state index is 12.5. The average molecular weight is 346 g/mol. The third-order valence-corrected chi connectivity index (χ3v) is 5.07. The lowest BCUT2D eigenvalue weighted by molar-refractivity contribution is 0.194. The zero-order valence-corrected chi connectivity index (χ0v) is 14.9. The lowest BCUT2D eigenvalue weighted by Crippen LogP contribution is -2.40. The maximum Gasteiger partial charge on any atom is 0.321 e. The second-order valence-corrected chi connectivity index (χ2v) is 6.79. The molecule has 1 aromatic carbocycles. The predicted molar refractivity (Wildman–Crippen MR) is 103 cm³/mol. The molecule has 2 aromatic heterocycles. The number of carbonyl (C=O) groups is 1. The summed E-state index contributed by atoms with van der Waals surface area (Å²) in [6.07, 6.45) is 3.62. The van der Waals surface area contributed by atoms with Crippen LogP contribution >= 0.6 is 0 Å². The number of para-hydroxylation sites is 1. The van der Waals surface area contributed by atoms with Gasteiger partial charge in [-0.05, 0) is 55.7 Å². The van der Waals surface area contributed by atoms with Gasteiger partial charge in [-0.3, -0.25) is 0 Å². The van der Waals surface area contributed by atoms with Crippen molar-refractivity contribution in [1.29, 1.82) is 0 Å². The molecule has 0 saturated carbocycles. The fraction of sp³-hybridized carbons (Fsp3) is 0.286. The number of urea groups is 1. The van der Waals surface area contributed by atoms with Gasteiger partial charge < -0.3 is 10.2 Å². The number of hydrogen-bond donors (Lipinski definition) is 1. The van der Waals surface area contributed by atoms with Crippen LogP contribution in [0.5, 0.6) is 0 Å². The zero-order valence-electron chi connectivity index (χ0n) is 14.9. The van der Waals surface area contributed by atoms with Crippen LogP contribution in [0.25, 0.3) is 11.0 Å². The number of benzene rings is 1. The van der Waals surface area contributed by atoms with E-state index in [0.717, 1.165) is 53.9 Å². The molecular formula is C21H22N4O. The first-order valence-corrected chi connectivity index (χ1v) is 9.04. The van der Waals surface area contributed by atoms with Crippen molar-refractivity contribution < 1.29 is 4.79 Å². The number of nitrogens with zero attached hydrogens (tertiary/aromatic N) is 3. The standard InChI is InChI=1S/C21H22N4O/c1-15-5-2-3-7-18(15)24-21(26)25-13-10-16(11-14-25)19-9-8-17-6-4-12-22-20(17)23-19/h2-9,12,16H,10-11,13-14H2,1H3,(H,24,26). The first-order valence-electron chi connectivity index (χ1n) is 9.04. The normalized spacial score (nSPS) is 15.2. The molecule has 4 rings (SSSR count). The van der Waals surface area contributed by atoms with Crippen LogP contribution in [-0.2, 0) is 0 Å². The molecule has 5 nitrogen and oxygen atoms in total. The Morgan fingerprint density at radius 2 is 1.88 bits per heavy atom. The predicted octanol–water partition coefficient (Wildman–Crippen LogP) is 4.35. The van der Waals surface area contributed by atoms with Crippen LogP contribution in [0.1, 0.15) is 30.0 Å². The molecule has 0 atom stereocenters. The number of amides is 2. The van der Waals surface area contributed by atoms with Crippen molar-refractivity contribution in [2.75, 3.05) is 18.4 Å². The van der Waals surface area contributed by atoms with E-state index in [1.54, 1.807) is 6.20 Å². The van der Waals surface area contributed by atoms with E-state index < -0.39 is 0 Å². The van der Waals surface area contributed by atoms with Gasteiger partial charge in [0.05, 0.1) is 0 Å². The quantitative estimate of drug-likeness (QED) is 0.750. The molecule has 1 N–H and O–H groups in total. The molecule has 0 unspecified atom stereocenters. The van der Waals surface area contributed by atoms with Crippen LogP contribution in [-0.4, -0.2) is 34.0 Å². The van der Waals surface area contributed by atoms with Gasteiger partial charge in [-0.1, -0.05) is 18.2 Å². The number of anilines is 1. The monoisotopic (exact) mass is 346 g/mol. The highest BCUT2D eigenvalue weighted by Crippen LogP contribution is 2.28. The Kier molecular flexibility index (Phi) is 4.52. The number of pyridine rings is 2. The maximum absolute atomic E-state index is 12.5. The molecular weight excluding hydrogens is 324 g/mol. The summed E-state index contributed by atoms with van der Waals surface area (Å²) < 4.78 is 0. The van der Waals surface area contributed by atoms with Crippen molar-refractivity contribution in [3.8, 4) is 0 Å². The van der Waals surface area contributed by atoms with Crippen molar-refractivity contribution in [3.63, 3.8) is 0 Å². The summed E-state index contributed by atoms with van der Waals surface area (Å²) in [4.78, 5) is 23.5. The minimum Gasteiger partial charge on any atom is -0.324 e. The van der Waals surface area contributed by atoms with Gasteiger partial charge in [-0.25, -0.2) is 14.8 Å². The number of aromatic nitrogens is 2. The number of piperidine rings is 1. The summed E-state index contributed by atoms with van der Waals surface area (Å²) in [5.74, 6) is 0.379. The van der Waals surface area contributed by atoms with Crippen LogP contribution in [0.3, 0.4) is 0 Å². The molecule has 0 aliphatic carbocycles. The lowest BCUT2D eigenvalue weighted by Gasteiger charge is -2.32. The van der Waals surface area contributed by atoms with E-state index in [1.165, 1.54) is 0 Å². The number of likely N-dealkylation sites (tertiary alicyclic amines) is 1. The van der Waals surface area contributed by atoms with Crippen molar-refractivity contribution >= 4 is 22.8 Å². The van der Waals surface area contributed by atoms with Gasteiger partial charge in [0.2, 0.25) is 0 Å². The second kappa shape index (κ2) is 7.12. The van der Waals surface area contributed by atoms with Crippen molar-refractivity contribution in [2.45, 2.75) is 25.7 Å². The van der Waals surface area contributed by atoms with Crippen LogP contribution in [0.4, 0.5) is 10.5 Å². The molecule has 5 heteroatoms. The molecule has 3 heterocycles. The minimum absolute atomic E-state index is 0.0223. The summed E-state index contributed by atoms with van der Waals surface area (Å²) in [5, 5.41) is 4.08. The van der Waals surface area contributed by atoms with Crippen LogP contribution in [0.15, 0.2) is 54.7 Å². The SMILES string of the molecule is Cc1ccccc1NC(=O)N1CCC(c2ccc3cccnc3n2)CC1. The highest BCUT2D eigenvalue weighted by atomic mass is 16.2. The number of fused-ring (bicyclic) bond motifs is 1. The van der Waals surface area contributed by atoms with E-state index in [-0.39, 0.29) is 6.03 Å². The Balaban J connectivity index is 1.40. The average Bonchev–Trinajstić information content (AvgIpc) is 2.69. The minimum atomic E-state index is -0.0223. The Labute approximate surface area is 153 Å². The number of nitrogens with one attached hydrogen (secondary N) is 1. The Hall–Kier alpha value is -2.95. The molecule has 1 saturated heterocycles. The van der Waals surface area contributed by atoms with E-state index >= 15 is 0 Å². The third-order valence-electron chi connectivity index (χ3n) is 5.07. The number of hydrogen-bond acceptors (Lipinski definition) is 3. The second-order valence-electron chi connectivity index (χ2n) is 6.79. The molecule has 26 heavy (non-hydrogen) atoms. The van der Waals surface area contributed by atoms with Gasteiger partial charge in [0.25, 0.3) is 0 Å². The fourth-order valence-electron chi connectivity index (χ4n) is 3.48. The van der Waals surface area contributed by atoms with Crippen molar-refractivity contribution in [1.82, 2.24) is 14.9 Å². The number of rotatable bonds is 2. The topological polar surface area (TPSA) is 58.1 Å². The zero-order chi connectivity index (χ0) is 17.9. The van der Waals surface area contributed by atoms with E-state index in [1.807, 2.05) is 48.2 Å². The molecule has 132 valence electrons. The van der Waals surface area contributed by atoms with Gasteiger partial charge in [0.1, 0.15) is 0 Å². The highest BCUT2D eigenvalue weighted by Gasteiger charge is 2.25. The summed E-state index contributed by atoms with van der Waals surface area (Å²) >= 11 is 0. The third kappa shape index (κ3) is 3.38. The van der Waals surface area contributed by atoms with Crippen molar-refractivity contribution in [2.24, 2.45) is 0 Å². The number of carbonyl (C=O) groups excluding carboxylic acids is 1. The van der Waals surface area contributed by atoms with Gasteiger partial charge in [-0.2, -0.15) is 0 Å². The number of aryl methyl sites for hydroxylation is 1.